The van der Waals surface area contributed by atoms with Gasteiger partial charge in [0, 0.05) is 17.8 Å². The topological polar surface area (TPSA) is 32.3 Å². The Morgan fingerprint density at radius 2 is 2.17 bits per heavy atom. The highest BCUT2D eigenvalue weighted by Gasteiger charge is 2.14. The van der Waals surface area contributed by atoms with Crippen molar-refractivity contribution in [3.05, 3.63) is 29.8 Å². The highest BCUT2D eigenvalue weighted by atomic mass is 16.3. The van der Waals surface area contributed by atoms with E-state index in [9.17, 15) is 5.11 Å². The number of nitrogens with one attached hydrogen (secondary N) is 1. The molecule has 1 atom stereocenters. The number of rotatable bonds is 0. The van der Waals surface area contributed by atoms with Crippen molar-refractivity contribution in [2.45, 2.75) is 18.9 Å². The largest absolute Gasteiger partial charge is 0.388 e. The van der Waals surface area contributed by atoms with Crippen molar-refractivity contribution in [1.82, 2.24) is 0 Å². The lowest BCUT2D eigenvalue weighted by Crippen LogP contribution is -1.99. The first-order valence-corrected chi connectivity index (χ1v) is 4.39. The summed E-state index contributed by atoms with van der Waals surface area (Å²) in [5, 5.41) is 13.0. The maximum absolute atomic E-state index is 9.70. The van der Waals surface area contributed by atoms with Gasteiger partial charge in [0.05, 0.1) is 6.10 Å². The van der Waals surface area contributed by atoms with Gasteiger partial charge in [0.2, 0.25) is 0 Å². The van der Waals surface area contributed by atoms with Crippen molar-refractivity contribution in [2.75, 3.05) is 11.9 Å². The molecule has 0 unspecified atom stereocenters. The lowest BCUT2D eigenvalue weighted by atomic mass is 10.1. The van der Waals surface area contributed by atoms with Crippen molar-refractivity contribution in [1.29, 1.82) is 0 Å². The average Bonchev–Trinajstić information content (AvgIpc) is 2.29. The summed E-state index contributed by atoms with van der Waals surface area (Å²) < 4.78 is 0. The smallest absolute Gasteiger partial charge is 0.0810 e. The van der Waals surface area contributed by atoms with Gasteiger partial charge in [0.1, 0.15) is 0 Å². The molecular formula is C10H13NO. The summed E-state index contributed by atoms with van der Waals surface area (Å²) in [6.07, 6.45) is 1.62. The molecular weight excluding hydrogens is 150 g/mol. The summed E-state index contributed by atoms with van der Waals surface area (Å²) in [6.45, 7) is 0.966. The molecule has 0 saturated carbocycles. The van der Waals surface area contributed by atoms with E-state index in [2.05, 4.69) is 5.32 Å². The van der Waals surface area contributed by atoms with E-state index in [1.807, 2.05) is 24.3 Å². The summed E-state index contributed by atoms with van der Waals surface area (Å²) in [4.78, 5) is 0. The van der Waals surface area contributed by atoms with Crippen LogP contribution < -0.4 is 5.32 Å². The Bertz CT molecular complexity index is 272. The Labute approximate surface area is 72.2 Å². The first-order chi connectivity index (χ1) is 5.88. The van der Waals surface area contributed by atoms with Gasteiger partial charge in [0.25, 0.3) is 0 Å². The van der Waals surface area contributed by atoms with Gasteiger partial charge in [-0.1, -0.05) is 18.2 Å². The molecule has 1 aromatic carbocycles. The summed E-state index contributed by atoms with van der Waals surface area (Å²) in [5.41, 5.74) is 2.12. The minimum Gasteiger partial charge on any atom is -0.388 e. The molecule has 0 bridgehead atoms. The average molecular weight is 163 g/mol. The zero-order chi connectivity index (χ0) is 8.39. The van der Waals surface area contributed by atoms with Crippen LogP contribution >= 0.6 is 0 Å². The van der Waals surface area contributed by atoms with Crippen LogP contribution in [0.4, 0.5) is 5.69 Å². The molecule has 2 nitrogen and oxygen atoms in total. The van der Waals surface area contributed by atoms with Gasteiger partial charge in [-0.05, 0) is 18.9 Å². The van der Waals surface area contributed by atoms with E-state index in [4.69, 9.17) is 0 Å². The third-order valence-corrected chi connectivity index (χ3v) is 2.29. The van der Waals surface area contributed by atoms with E-state index in [-0.39, 0.29) is 6.10 Å². The van der Waals surface area contributed by atoms with Crippen LogP contribution in [0.3, 0.4) is 0 Å². The maximum atomic E-state index is 9.70. The summed E-state index contributed by atoms with van der Waals surface area (Å²) in [5.74, 6) is 0. The Balaban J connectivity index is 2.39. The molecule has 0 aliphatic carbocycles. The minimum atomic E-state index is -0.281. The normalized spacial score (nSPS) is 22.2. The maximum Gasteiger partial charge on any atom is 0.0810 e. The van der Waals surface area contributed by atoms with Crippen LogP contribution in [0.1, 0.15) is 24.5 Å². The highest BCUT2D eigenvalue weighted by molar-refractivity contribution is 5.52. The van der Waals surface area contributed by atoms with Crippen molar-refractivity contribution < 1.29 is 5.11 Å². The standard InChI is InChI=1S/C10H13NO/c12-10-6-3-7-11-9-5-2-1-4-8(9)10/h1-2,4-5,10-12H,3,6-7H2/t10-/m1/s1. The second-order valence-corrected chi connectivity index (χ2v) is 3.17. The van der Waals surface area contributed by atoms with Gasteiger partial charge in [-0.2, -0.15) is 0 Å². The molecule has 64 valence electrons. The summed E-state index contributed by atoms with van der Waals surface area (Å²) in [6, 6.07) is 7.96. The van der Waals surface area contributed by atoms with Crippen LogP contribution in [0, 0.1) is 0 Å². The van der Waals surface area contributed by atoms with Crippen molar-refractivity contribution >= 4 is 5.69 Å². The Morgan fingerprint density at radius 3 is 3.08 bits per heavy atom. The molecule has 2 N–H and O–H groups in total. The lowest BCUT2D eigenvalue weighted by Gasteiger charge is -2.10. The van der Waals surface area contributed by atoms with E-state index in [0.29, 0.717) is 0 Å². The number of fused-ring (bicyclic) bond motifs is 1. The molecule has 0 spiro atoms. The molecule has 1 heterocycles. The molecule has 1 aliphatic heterocycles. The molecule has 0 aromatic heterocycles. The Kier molecular flexibility index (Phi) is 2.00. The Morgan fingerprint density at radius 1 is 1.33 bits per heavy atom. The van der Waals surface area contributed by atoms with Crippen LogP contribution in [0.2, 0.25) is 0 Å². The third-order valence-electron chi connectivity index (χ3n) is 2.29. The number of anilines is 1. The van der Waals surface area contributed by atoms with Crippen LogP contribution in [0.15, 0.2) is 24.3 Å². The fraction of sp³-hybridized carbons (Fsp3) is 0.400. The molecule has 1 aliphatic rings. The fourth-order valence-corrected chi connectivity index (χ4v) is 1.62. The van der Waals surface area contributed by atoms with Crippen molar-refractivity contribution in [2.24, 2.45) is 0 Å². The molecule has 0 fully saturated rings. The first kappa shape index (κ1) is 7.62. The Hall–Kier alpha value is -1.02. The van der Waals surface area contributed by atoms with Crippen LogP contribution in [-0.2, 0) is 0 Å². The molecule has 2 heteroatoms. The highest BCUT2D eigenvalue weighted by Crippen LogP contribution is 2.28. The summed E-state index contributed by atoms with van der Waals surface area (Å²) >= 11 is 0. The van der Waals surface area contributed by atoms with E-state index in [1.54, 1.807) is 0 Å². The van der Waals surface area contributed by atoms with Gasteiger partial charge in [-0.15, -0.1) is 0 Å². The molecule has 0 saturated heterocycles. The summed E-state index contributed by atoms with van der Waals surface area (Å²) in [7, 11) is 0. The van der Waals surface area contributed by atoms with Crippen LogP contribution in [0.5, 0.6) is 0 Å². The predicted octanol–water partition coefficient (Wildman–Crippen LogP) is 1.93. The minimum absolute atomic E-state index is 0.281. The van der Waals surface area contributed by atoms with Gasteiger partial charge >= 0.3 is 0 Å². The number of benzene rings is 1. The van der Waals surface area contributed by atoms with E-state index in [1.165, 1.54) is 0 Å². The zero-order valence-electron chi connectivity index (χ0n) is 6.96. The molecule has 0 radical (unpaired) electrons. The predicted molar refractivity (Wildman–Crippen MR) is 49.1 cm³/mol. The number of hydrogen-bond acceptors (Lipinski definition) is 2. The second kappa shape index (κ2) is 3.15. The second-order valence-electron chi connectivity index (χ2n) is 3.17. The molecule has 0 amide bonds. The van der Waals surface area contributed by atoms with E-state index >= 15 is 0 Å². The van der Waals surface area contributed by atoms with Crippen LogP contribution in [0.25, 0.3) is 0 Å². The number of aliphatic hydroxyl groups excluding tert-OH is 1. The third kappa shape index (κ3) is 1.30. The first-order valence-electron chi connectivity index (χ1n) is 4.39. The van der Waals surface area contributed by atoms with Crippen molar-refractivity contribution in [3.8, 4) is 0 Å². The quantitative estimate of drug-likeness (QED) is 0.612. The van der Waals surface area contributed by atoms with Crippen molar-refractivity contribution in [3.63, 3.8) is 0 Å². The monoisotopic (exact) mass is 163 g/mol. The van der Waals surface area contributed by atoms with E-state index < -0.39 is 0 Å². The van der Waals surface area contributed by atoms with Crippen LogP contribution in [-0.4, -0.2) is 11.7 Å². The number of hydrogen-bond donors (Lipinski definition) is 2. The van der Waals surface area contributed by atoms with Gasteiger partial charge in [-0.25, -0.2) is 0 Å². The lowest BCUT2D eigenvalue weighted by molar-refractivity contribution is 0.168. The van der Waals surface area contributed by atoms with Gasteiger partial charge in [0.15, 0.2) is 0 Å². The number of para-hydroxylation sites is 1. The van der Waals surface area contributed by atoms with E-state index in [0.717, 1.165) is 30.6 Å². The molecule has 1 aromatic rings. The molecule has 2 rings (SSSR count). The number of aliphatic hydroxyl groups is 1. The van der Waals surface area contributed by atoms with Gasteiger partial charge in [-0.3, -0.25) is 0 Å². The van der Waals surface area contributed by atoms with Gasteiger partial charge < -0.3 is 10.4 Å². The molecule has 12 heavy (non-hydrogen) atoms. The SMILES string of the molecule is O[C@@H]1CCCNc2ccccc21. The zero-order valence-corrected chi connectivity index (χ0v) is 6.96. The fourth-order valence-electron chi connectivity index (χ4n) is 1.62.